The molecule has 2 rings (SSSR count). The van der Waals surface area contributed by atoms with E-state index in [1.807, 2.05) is 19.1 Å². The van der Waals surface area contributed by atoms with Crippen molar-refractivity contribution in [2.45, 2.75) is 33.4 Å². The van der Waals surface area contributed by atoms with Gasteiger partial charge in [0.25, 0.3) is 0 Å². The lowest BCUT2D eigenvalue weighted by Crippen LogP contribution is -2.17. The lowest BCUT2D eigenvalue weighted by atomic mass is 10.2. The van der Waals surface area contributed by atoms with Crippen molar-refractivity contribution in [3.63, 3.8) is 0 Å². The monoisotopic (exact) mass is 261 g/mol. The third-order valence-corrected chi connectivity index (χ3v) is 4.18. The van der Waals surface area contributed by atoms with Gasteiger partial charge in [0, 0.05) is 23.2 Å². The number of hydrogen-bond donors (Lipinski definition) is 2. The molecule has 0 radical (unpaired) electrons. The van der Waals surface area contributed by atoms with E-state index in [1.54, 1.807) is 11.3 Å². The molecule has 0 aliphatic rings. The highest BCUT2D eigenvalue weighted by atomic mass is 32.1. The maximum atomic E-state index is 5.67. The number of nitrogens with one attached hydrogen (secondary N) is 1. The Labute approximate surface area is 112 Å². The Kier molecular flexibility index (Phi) is 3.99. The molecular weight excluding hydrogens is 242 g/mol. The van der Waals surface area contributed by atoms with Gasteiger partial charge in [0.05, 0.1) is 10.7 Å². The van der Waals surface area contributed by atoms with E-state index < -0.39 is 0 Å². The van der Waals surface area contributed by atoms with Gasteiger partial charge in [-0.3, -0.25) is 0 Å². The molecule has 0 amide bonds. The number of rotatable bonds is 4. The van der Waals surface area contributed by atoms with Crippen LogP contribution in [-0.4, -0.2) is 4.98 Å². The summed E-state index contributed by atoms with van der Waals surface area (Å²) in [7, 11) is 0. The lowest BCUT2D eigenvalue weighted by Gasteiger charge is -2.13. The van der Waals surface area contributed by atoms with Crippen molar-refractivity contribution in [3.8, 4) is 0 Å². The van der Waals surface area contributed by atoms with Gasteiger partial charge in [0.1, 0.15) is 0 Å². The fourth-order valence-corrected chi connectivity index (χ4v) is 2.90. The molecule has 0 saturated carbocycles. The van der Waals surface area contributed by atoms with Gasteiger partial charge < -0.3 is 11.1 Å². The number of nitrogens with zero attached hydrogens (tertiary/aromatic N) is 1. The summed E-state index contributed by atoms with van der Waals surface area (Å²) in [5.74, 6) is 0. The minimum atomic E-state index is 0.328. The Morgan fingerprint density at radius 1 is 1.28 bits per heavy atom. The van der Waals surface area contributed by atoms with Crippen molar-refractivity contribution >= 4 is 17.0 Å². The van der Waals surface area contributed by atoms with Crippen molar-refractivity contribution in [1.82, 2.24) is 10.3 Å². The molecule has 1 aromatic heterocycles. The van der Waals surface area contributed by atoms with Crippen molar-refractivity contribution < 1.29 is 0 Å². The van der Waals surface area contributed by atoms with Crippen LogP contribution in [0.1, 0.15) is 34.1 Å². The molecule has 96 valence electrons. The second kappa shape index (κ2) is 5.50. The first-order valence-corrected chi connectivity index (χ1v) is 6.89. The second-order valence-corrected chi connectivity index (χ2v) is 5.76. The van der Waals surface area contributed by atoms with Gasteiger partial charge in [-0.2, -0.15) is 0 Å². The summed E-state index contributed by atoms with van der Waals surface area (Å²) in [6, 6.07) is 8.31. The minimum absolute atomic E-state index is 0.328. The van der Waals surface area contributed by atoms with Gasteiger partial charge in [0.2, 0.25) is 0 Å². The van der Waals surface area contributed by atoms with Crippen LogP contribution in [0.4, 0.5) is 5.69 Å². The smallest absolute Gasteiger partial charge is 0.0900 e. The third-order valence-electron chi connectivity index (χ3n) is 2.92. The number of hydrogen-bond acceptors (Lipinski definition) is 4. The van der Waals surface area contributed by atoms with Crippen LogP contribution in [0.25, 0.3) is 0 Å². The summed E-state index contributed by atoms with van der Waals surface area (Å²) >= 11 is 1.77. The fraction of sp³-hybridized carbons (Fsp3) is 0.357. The highest BCUT2D eigenvalue weighted by Gasteiger charge is 2.12. The Morgan fingerprint density at radius 2 is 1.94 bits per heavy atom. The van der Waals surface area contributed by atoms with E-state index in [2.05, 4.69) is 36.3 Å². The Morgan fingerprint density at radius 3 is 2.50 bits per heavy atom. The molecule has 1 unspecified atom stereocenters. The molecule has 0 saturated heterocycles. The zero-order chi connectivity index (χ0) is 13.1. The molecule has 3 N–H and O–H groups in total. The molecule has 0 fully saturated rings. The Hall–Kier alpha value is -1.39. The van der Waals surface area contributed by atoms with Crippen molar-refractivity contribution in [2.24, 2.45) is 0 Å². The lowest BCUT2D eigenvalue weighted by molar-refractivity contribution is 0.579. The van der Waals surface area contributed by atoms with Gasteiger partial charge in [-0.05, 0) is 38.5 Å². The summed E-state index contributed by atoms with van der Waals surface area (Å²) in [5, 5.41) is 4.65. The number of nitrogen functional groups attached to an aromatic ring is 1. The van der Waals surface area contributed by atoms with E-state index >= 15 is 0 Å². The predicted octanol–water partition coefficient (Wildman–Crippen LogP) is 3.19. The van der Waals surface area contributed by atoms with Crippen LogP contribution in [0.2, 0.25) is 0 Å². The van der Waals surface area contributed by atoms with E-state index in [4.69, 9.17) is 5.73 Å². The van der Waals surface area contributed by atoms with Crippen LogP contribution >= 0.6 is 11.3 Å². The zero-order valence-corrected chi connectivity index (χ0v) is 11.8. The quantitative estimate of drug-likeness (QED) is 0.831. The zero-order valence-electron chi connectivity index (χ0n) is 11.0. The number of nitrogens with two attached hydrogens (primary N) is 1. The van der Waals surface area contributed by atoms with E-state index in [1.165, 1.54) is 10.4 Å². The first-order valence-electron chi connectivity index (χ1n) is 6.08. The first kappa shape index (κ1) is 13.1. The Bertz CT molecular complexity index is 516. The molecule has 0 bridgehead atoms. The molecule has 0 aliphatic carbocycles. The number of benzene rings is 1. The highest BCUT2D eigenvalue weighted by molar-refractivity contribution is 7.11. The van der Waals surface area contributed by atoms with E-state index in [-0.39, 0.29) is 0 Å². The van der Waals surface area contributed by atoms with Crippen LogP contribution in [-0.2, 0) is 6.54 Å². The molecule has 1 atom stereocenters. The predicted molar refractivity (Wildman–Crippen MR) is 77.7 cm³/mol. The molecular formula is C14H19N3S. The molecule has 4 heteroatoms. The maximum Gasteiger partial charge on any atom is 0.0900 e. The number of aromatic nitrogens is 1. The number of anilines is 1. The van der Waals surface area contributed by atoms with Crippen LogP contribution in [0.15, 0.2) is 24.3 Å². The normalized spacial score (nSPS) is 12.6. The van der Waals surface area contributed by atoms with E-state index in [0.29, 0.717) is 6.04 Å². The minimum Gasteiger partial charge on any atom is -0.399 e. The fourth-order valence-electron chi connectivity index (χ4n) is 1.95. The largest absolute Gasteiger partial charge is 0.399 e. The standard InChI is InChI=1S/C14H19N3S/c1-9(14-10(2)17-11(3)18-14)16-8-12-4-6-13(15)7-5-12/h4-7,9,16H,8,15H2,1-3H3. The van der Waals surface area contributed by atoms with Crippen LogP contribution in [0, 0.1) is 13.8 Å². The van der Waals surface area contributed by atoms with Crippen LogP contribution < -0.4 is 11.1 Å². The van der Waals surface area contributed by atoms with Crippen molar-refractivity contribution in [1.29, 1.82) is 0 Å². The molecule has 1 heterocycles. The molecule has 18 heavy (non-hydrogen) atoms. The number of thiazole rings is 1. The molecule has 3 nitrogen and oxygen atoms in total. The van der Waals surface area contributed by atoms with Crippen LogP contribution in [0.5, 0.6) is 0 Å². The SMILES string of the molecule is Cc1nc(C)c(C(C)NCc2ccc(N)cc2)s1. The van der Waals surface area contributed by atoms with Gasteiger partial charge in [-0.15, -0.1) is 11.3 Å². The van der Waals surface area contributed by atoms with Gasteiger partial charge in [-0.1, -0.05) is 12.1 Å². The van der Waals surface area contributed by atoms with Crippen LogP contribution in [0.3, 0.4) is 0 Å². The number of aryl methyl sites for hydroxylation is 2. The summed E-state index contributed by atoms with van der Waals surface area (Å²) < 4.78 is 0. The summed E-state index contributed by atoms with van der Waals surface area (Å²) in [5.41, 5.74) is 8.85. The molecule has 0 spiro atoms. The summed E-state index contributed by atoms with van der Waals surface area (Å²) in [4.78, 5) is 5.78. The topological polar surface area (TPSA) is 50.9 Å². The Balaban J connectivity index is 1.98. The first-order chi connectivity index (χ1) is 8.56. The van der Waals surface area contributed by atoms with E-state index in [9.17, 15) is 0 Å². The summed E-state index contributed by atoms with van der Waals surface area (Å²) in [6.45, 7) is 7.14. The second-order valence-electron chi connectivity index (χ2n) is 4.53. The van der Waals surface area contributed by atoms with Crippen molar-refractivity contribution in [3.05, 3.63) is 45.4 Å². The third kappa shape index (κ3) is 3.09. The van der Waals surface area contributed by atoms with Crippen molar-refractivity contribution in [2.75, 3.05) is 5.73 Å². The molecule has 1 aromatic carbocycles. The average Bonchev–Trinajstić information content (AvgIpc) is 2.67. The highest BCUT2D eigenvalue weighted by Crippen LogP contribution is 2.24. The van der Waals surface area contributed by atoms with Gasteiger partial charge in [-0.25, -0.2) is 4.98 Å². The average molecular weight is 261 g/mol. The van der Waals surface area contributed by atoms with Gasteiger partial charge in [0.15, 0.2) is 0 Å². The summed E-state index contributed by atoms with van der Waals surface area (Å²) in [6.07, 6.45) is 0. The molecule has 0 aliphatic heterocycles. The molecule has 2 aromatic rings. The van der Waals surface area contributed by atoms with E-state index in [0.717, 1.165) is 22.9 Å². The maximum absolute atomic E-state index is 5.67. The van der Waals surface area contributed by atoms with Gasteiger partial charge >= 0.3 is 0 Å².